The molecule has 184 valence electrons. The zero-order valence-corrected chi connectivity index (χ0v) is 21.8. The second-order valence-corrected chi connectivity index (χ2v) is 12.3. The Morgan fingerprint density at radius 2 is 1.54 bits per heavy atom. The van der Waals surface area contributed by atoms with Crippen LogP contribution in [0.15, 0.2) is 79.0 Å². The number of nitrogens with one attached hydrogen (secondary N) is 1. The number of hydrogen-bond acceptors (Lipinski definition) is 5. The van der Waals surface area contributed by atoms with Gasteiger partial charge in [-0.05, 0) is 55.5 Å². The van der Waals surface area contributed by atoms with Gasteiger partial charge < -0.3 is 9.50 Å². The van der Waals surface area contributed by atoms with Crippen molar-refractivity contribution in [2.24, 2.45) is 5.41 Å². The number of imidazole rings is 1. The number of rotatable bonds is 8. The van der Waals surface area contributed by atoms with E-state index < -0.39 is 10.1 Å². The zero-order valence-electron chi connectivity index (χ0n) is 20.9. The van der Waals surface area contributed by atoms with Gasteiger partial charge in [-0.25, -0.2) is 4.98 Å². The highest BCUT2D eigenvalue weighted by atomic mass is 32.2. The van der Waals surface area contributed by atoms with Crippen LogP contribution in [0.25, 0.3) is 16.9 Å². The second-order valence-electron chi connectivity index (χ2n) is 10.8. The Morgan fingerprint density at radius 3 is 2.26 bits per heavy atom. The lowest BCUT2D eigenvalue weighted by Crippen LogP contribution is -2.36. The third-order valence-electron chi connectivity index (χ3n) is 5.50. The molecule has 0 spiro atoms. The fourth-order valence-corrected chi connectivity index (χ4v) is 5.75. The standard InChI is InChI=1S/C28H33N3O3S/c1-27(2,3)20-28(4,5)30-26-25(29-24-17-11-12-18-31(24)26)22-15-9-10-16-23(22)34-35(32,33)19-21-13-7-6-8-14-21/h6-18,30H,19-20H2,1-5H3. The molecule has 0 saturated heterocycles. The molecule has 0 amide bonds. The van der Waals surface area contributed by atoms with E-state index in [1.165, 1.54) is 0 Å². The molecule has 2 heterocycles. The van der Waals surface area contributed by atoms with Crippen LogP contribution in [-0.4, -0.2) is 23.3 Å². The third-order valence-corrected chi connectivity index (χ3v) is 6.62. The summed E-state index contributed by atoms with van der Waals surface area (Å²) < 4.78 is 33.5. The summed E-state index contributed by atoms with van der Waals surface area (Å²) in [7, 11) is -3.88. The molecule has 0 atom stereocenters. The Hall–Kier alpha value is -3.32. The Morgan fingerprint density at radius 1 is 0.886 bits per heavy atom. The maximum absolute atomic E-state index is 12.9. The molecule has 4 rings (SSSR count). The van der Waals surface area contributed by atoms with Crippen LogP contribution < -0.4 is 9.50 Å². The molecule has 0 aliphatic heterocycles. The molecule has 0 aliphatic rings. The normalized spacial score (nSPS) is 12.6. The molecule has 0 aliphatic carbocycles. The maximum atomic E-state index is 12.9. The Bertz CT molecular complexity index is 1420. The summed E-state index contributed by atoms with van der Waals surface area (Å²) in [5.74, 6) is 0.840. The summed E-state index contributed by atoms with van der Waals surface area (Å²) in [5.41, 5.74) is 2.56. The van der Waals surface area contributed by atoms with Gasteiger partial charge in [-0.3, -0.25) is 4.40 Å². The van der Waals surface area contributed by atoms with E-state index in [2.05, 4.69) is 39.9 Å². The number of hydrogen-bond donors (Lipinski definition) is 1. The molecule has 1 N–H and O–H groups in total. The quantitative estimate of drug-likeness (QED) is 0.283. The van der Waals surface area contributed by atoms with Crippen LogP contribution in [0.3, 0.4) is 0 Å². The topological polar surface area (TPSA) is 72.7 Å². The van der Waals surface area contributed by atoms with Crippen LogP contribution in [0.2, 0.25) is 0 Å². The fraction of sp³-hybridized carbons (Fsp3) is 0.321. The van der Waals surface area contributed by atoms with Crippen LogP contribution in [0.4, 0.5) is 5.82 Å². The van der Waals surface area contributed by atoms with E-state index in [0.29, 0.717) is 16.8 Å². The highest BCUT2D eigenvalue weighted by Gasteiger charge is 2.29. The minimum Gasteiger partial charge on any atom is -0.381 e. The summed E-state index contributed by atoms with van der Waals surface area (Å²) in [4.78, 5) is 4.86. The van der Waals surface area contributed by atoms with Crippen LogP contribution in [0.1, 0.15) is 46.6 Å². The molecule has 2 aromatic heterocycles. The fourth-order valence-electron chi connectivity index (χ4n) is 4.67. The molecule has 35 heavy (non-hydrogen) atoms. The predicted molar refractivity (Wildman–Crippen MR) is 142 cm³/mol. The van der Waals surface area contributed by atoms with Gasteiger partial charge in [0.15, 0.2) is 5.75 Å². The van der Waals surface area contributed by atoms with Gasteiger partial charge in [0, 0.05) is 17.3 Å². The summed E-state index contributed by atoms with van der Waals surface area (Å²) in [6.45, 7) is 11.0. The largest absolute Gasteiger partial charge is 0.381 e. The summed E-state index contributed by atoms with van der Waals surface area (Å²) in [6, 6.07) is 22.0. The smallest absolute Gasteiger partial charge is 0.313 e. The average Bonchev–Trinajstić information content (AvgIpc) is 3.10. The Kier molecular flexibility index (Phi) is 6.64. The SMILES string of the molecule is CC(C)(C)CC(C)(C)Nc1c(-c2ccccc2OS(=O)(=O)Cc2ccccc2)nc2ccccn12. The maximum Gasteiger partial charge on any atom is 0.313 e. The van der Waals surface area contributed by atoms with Crippen molar-refractivity contribution in [3.05, 3.63) is 84.6 Å². The highest BCUT2D eigenvalue weighted by molar-refractivity contribution is 7.86. The van der Waals surface area contributed by atoms with Crippen molar-refractivity contribution in [1.82, 2.24) is 9.38 Å². The van der Waals surface area contributed by atoms with Crippen molar-refractivity contribution >= 4 is 21.6 Å². The summed E-state index contributed by atoms with van der Waals surface area (Å²) >= 11 is 0. The van der Waals surface area contributed by atoms with Crippen LogP contribution in [-0.2, 0) is 15.9 Å². The van der Waals surface area contributed by atoms with Crippen molar-refractivity contribution in [3.63, 3.8) is 0 Å². The Balaban J connectivity index is 1.76. The number of anilines is 1. The lowest BCUT2D eigenvalue weighted by atomic mass is 9.82. The van der Waals surface area contributed by atoms with Gasteiger partial charge in [0.1, 0.15) is 22.9 Å². The van der Waals surface area contributed by atoms with Crippen LogP contribution >= 0.6 is 0 Å². The van der Waals surface area contributed by atoms with Gasteiger partial charge in [-0.1, -0.05) is 69.3 Å². The number of para-hydroxylation sites is 1. The van der Waals surface area contributed by atoms with E-state index in [1.54, 1.807) is 24.3 Å². The van der Waals surface area contributed by atoms with Crippen molar-refractivity contribution in [1.29, 1.82) is 0 Å². The van der Waals surface area contributed by atoms with E-state index in [1.807, 2.05) is 59.1 Å². The van der Waals surface area contributed by atoms with Crippen molar-refractivity contribution < 1.29 is 12.6 Å². The van der Waals surface area contributed by atoms with E-state index >= 15 is 0 Å². The second kappa shape index (κ2) is 9.38. The molecule has 0 unspecified atom stereocenters. The number of fused-ring (bicyclic) bond motifs is 1. The number of nitrogens with zero attached hydrogens (tertiary/aromatic N) is 2. The summed E-state index contributed by atoms with van der Waals surface area (Å²) in [6.07, 6.45) is 2.88. The van der Waals surface area contributed by atoms with E-state index in [9.17, 15) is 8.42 Å². The molecular formula is C28H33N3O3S. The molecule has 4 aromatic rings. The molecule has 0 bridgehead atoms. The van der Waals surface area contributed by atoms with Gasteiger partial charge in [0.2, 0.25) is 0 Å². The van der Waals surface area contributed by atoms with E-state index in [0.717, 1.165) is 17.9 Å². The first kappa shape index (κ1) is 24.8. The number of benzene rings is 2. The molecule has 0 fully saturated rings. The van der Waals surface area contributed by atoms with Crippen molar-refractivity contribution in [2.75, 3.05) is 5.32 Å². The van der Waals surface area contributed by atoms with Crippen molar-refractivity contribution in [3.8, 4) is 17.0 Å². The highest BCUT2D eigenvalue weighted by Crippen LogP contribution is 2.38. The average molecular weight is 492 g/mol. The van der Waals surface area contributed by atoms with Gasteiger partial charge in [-0.15, -0.1) is 0 Å². The minimum absolute atomic E-state index is 0.115. The molecule has 7 heteroatoms. The number of pyridine rings is 1. The van der Waals surface area contributed by atoms with E-state index in [4.69, 9.17) is 9.17 Å². The minimum atomic E-state index is -3.88. The molecule has 0 radical (unpaired) electrons. The first-order chi connectivity index (χ1) is 16.4. The van der Waals surface area contributed by atoms with Gasteiger partial charge in [0.05, 0.1) is 0 Å². The van der Waals surface area contributed by atoms with Gasteiger partial charge >= 0.3 is 10.1 Å². The molecular weight excluding hydrogens is 458 g/mol. The lowest BCUT2D eigenvalue weighted by molar-refractivity contribution is 0.302. The van der Waals surface area contributed by atoms with Gasteiger partial charge in [0.25, 0.3) is 0 Å². The Labute approximate surface area is 208 Å². The first-order valence-electron chi connectivity index (χ1n) is 11.7. The lowest BCUT2D eigenvalue weighted by Gasteiger charge is -2.34. The summed E-state index contributed by atoms with van der Waals surface area (Å²) in [5, 5.41) is 3.69. The first-order valence-corrected chi connectivity index (χ1v) is 13.3. The van der Waals surface area contributed by atoms with Crippen molar-refractivity contribution in [2.45, 2.75) is 52.3 Å². The number of aromatic nitrogens is 2. The third kappa shape index (κ3) is 6.22. The molecule has 6 nitrogen and oxygen atoms in total. The van der Waals surface area contributed by atoms with Crippen LogP contribution in [0.5, 0.6) is 5.75 Å². The molecule has 0 saturated carbocycles. The molecule has 2 aromatic carbocycles. The van der Waals surface area contributed by atoms with Crippen LogP contribution in [0, 0.1) is 5.41 Å². The zero-order chi connectivity index (χ0) is 25.3. The predicted octanol–water partition coefficient (Wildman–Crippen LogP) is 6.54. The van der Waals surface area contributed by atoms with E-state index in [-0.39, 0.29) is 22.5 Å². The monoisotopic (exact) mass is 491 g/mol. The van der Waals surface area contributed by atoms with Gasteiger partial charge in [-0.2, -0.15) is 8.42 Å².